The smallest absolute Gasteiger partial charge is 0.0524 e. The fraction of sp³-hybridized carbons (Fsp3) is 1.00. The van der Waals surface area contributed by atoms with Crippen molar-refractivity contribution in [3.8, 4) is 0 Å². The van der Waals surface area contributed by atoms with Gasteiger partial charge in [0.25, 0.3) is 0 Å². The van der Waals surface area contributed by atoms with Gasteiger partial charge in [0.05, 0.1) is 6.10 Å². The monoisotopic (exact) mass is 159 g/mol. The Balaban J connectivity index is 3.10. The number of hydrogen-bond donors (Lipinski definition) is 2. The molecular formula is C9H21NO. The van der Waals surface area contributed by atoms with E-state index in [0.29, 0.717) is 6.04 Å². The van der Waals surface area contributed by atoms with Crippen LogP contribution in [0, 0.1) is 0 Å². The Morgan fingerprint density at radius 1 is 1.27 bits per heavy atom. The number of aliphatic hydroxyl groups is 1. The molecule has 0 aromatic rings. The molecule has 0 saturated carbocycles. The first kappa shape index (κ1) is 10.9. The molecule has 0 aromatic carbocycles. The molecule has 0 heterocycles. The van der Waals surface area contributed by atoms with E-state index < -0.39 is 0 Å². The lowest BCUT2D eigenvalue weighted by atomic mass is 10.2. The Hall–Kier alpha value is -0.0800. The third kappa shape index (κ3) is 7.82. The predicted molar refractivity (Wildman–Crippen MR) is 48.7 cm³/mol. The number of rotatable bonds is 6. The van der Waals surface area contributed by atoms with Crippen molar-refractivity contribution in [3.63, 3.8) is 0 Å². The summed E-state index contributed by atoms with van der Waals surface area (Å²) in [6.45, 7) is 7.13. The Labute approximate surface area is 70.0 Å². The molecule has 0 aliphatic heterocycles. The zero-order valence-electron chi connectivity index (χ0n) is 7.93. The van der Waals surface area contributed by atoms with E-state index in [0.717, 1.165) is 13.0 Å². The molecule has 0 amide bonds. The summed E-state index contributed by atoms with van der Waals surface area (Å²) in [5, 5.41) is 12.3. The van der Waals surface area contributed by atoms with Crippen molar-refractivity contribution in [2.24, 2.45) is 0 Å². The molecule has 2 nitrogen and oxygen atoms in total. The minimum absolute atomic E-state index is 0.170. The van der Waals surface area contributed by atoms with Crippen LogP contribution < -0.4 is 5.32 Å². The first-order valence-electron chi connectivity index (χ1n) is 4.58. The summed E-state index contributed by atoms with van der Waals surface area (Å²) in [6.07, 6.45) is 3.13. The molecule has 0 radical (unpaired) electrons. The van der Waals surface area contributed by atoms with E-state index in [-0.39, 0.29) is 6.10 Å². The quantitative estimate of drug-likeness (QED) is 0.616. The van der Waals surface area contributed by atoms with Crippen LogP contribution in [0.5, 0.6) is 0 Å². The molecule has 2 heteroatoms. The van der Waals surface area contributed by atoms with Crippen LogP contribution in [0.25, 0.3) is 0 Å². The number of hydrogen-bond acceptors (Lipinski definition) is 2. The summed E-state index contributed by atoms with van der Waals surface area (Å²) in [6, 6.07) is 0.596. The van der Waals surface area contributed by atoms with E-state index in [1.807, 2.05) is 6.92 Å². The predicted octanol–water partition coefficient (Wildman–Crippen LogP) is 1.54. The van der Waals surface area contributed by atoms with Crippen LogP contribution in [-0.4, -0.2) is 23.8 Å². The van der Waals surface area contributed by atoms with E-state index >= 15 is 0 Å². The maximum Gasteiger partial charge on any atom is 0.0524 e. The molecule has 0 aromatic heterocycles. The highest BCUT2D eigenvalue weighted by atomic mass is 16.3. The first-order valence-corrected chi connectivity index (χ1v) is 4.58. The molecule has 0 saturated heterocycles. The lowest BCUT2D eigenvalue weighted by Gasteiger charge is -2.12. The highest BCUT2D eigenvalue weighted by Gasteiger charge is 1.99. The molecular weight excluding hydrogens is 138 g/mol. The van der Waals surface area contributed by atoms with Crippen LogP contribution >= 0.6 is 0 Å². The molecule has 0 rings (SSSR count). The molecule has 0 aliphatic carbocycles. The molecule has 2 atom stereocenters. The van der Waals surface area contributed by atoms with Gasteiger partial charge in [0.2, 0.25) is 0 Å². The van der Waals surface area contributed by atoms with Crippen LogP contribution in [0.4, 0.5) is 0 Å². The molecule has 0 aliphatic rings. The fourth-order valence-electron chi connectivity index (χ4n) is 1.07. The van der Waals surface area contributed by atoms with Crippen LogP contribution in [0.1, 0.15) is 40.0 Å². The fourth-order valence-corrected chi connectivity index (χ4v) is 1.07. The largest absolute Gasteiger partial charge is 0.393 e. The van der Waals surface area contributed by atoms with Crippen molar-refractivity contribution in [3.05, 3.63) is 0 Å². The van der Waals surface area contributed by atoms with Crippen LogP contribution in [0.15, 0.2) is 0 Å². The van der Waals surface area contributed by atoms with Gasteiger partial charge in [-0.1, -0.05) is 13.3 Å². The first-order chi connectivity index (χ1) is 5.16. The Bertz CT molecular complexity index is 83.6. The SMILES string of the molecule is CCCC(C)NCCC(C)O. The van der Waals surface area contributed by atoms with E-state index in [9.17, 15) is 0 Å². The van der Waals surface area contributed by atoms with Crippen molar-refractivity contribution in [2.75, 3.05) is 6.54 Å². The normalized spacial score (nSPS) is 16.4. The van der Waals surface area contributed by atoms with Gasteiger partial charge in [0, 0.05) is 6.04 Å². The molecule has 2 N–H and O–H groups in total. The lowest BCUT2D eigenvalue weighted by molar-refractivity contribution is 0.182. The Morgan fingerprint density at radius 3 is 2.36 bits per heavy atom. The van der Waals surface area contributed by atoms with Crippen molar-refractivity contribution in [2.45, 2.75) is 52.2 Å². The maximum absolute atomic E-state index is 8.96. The van der Waals surface area contributed by atoms with Gasteiger partial charge in [-0.3, -0.25) is 0 Å². The number of aliphatic hydroxyl groups excluding tert-OH is 1. The zero-order chi connectivity index (χ0) is 8.69. The summed E-state index contributed by atoms with van der Waals surface area (Å²) < 4.78 is 0. The Kier molecular flexibility index (Phi) is 6.57. The van der Waals surface area contributed by atoms with Crippen molar-refractivity contribution in [1.29, 1.82) is 0 Å². The average Bonchev–Trinajstić information content (AvgIpc) is 1.87. The minimum Gasteiger partial charge on any atom is -0.393 e. The zero-order valence-corrected chi connectivity index (χ0v) is 7.93. The second-order valence-electron chi connectivity index (χ2n) is 3.28. The Morgan fingerprint density at radius 2 is 1.91 bits per heavy atom. The summed E-state index contributed by atoms with van der Waals surface area (Å²) in [7, 11) is 0. The van der Waals surface area contributed by atoms with Gasteiger partial charge in [-0.25, -0.2) is 0 Å². The minimum atomic E-state index is -0.170. The summed E-state index contributed by atoms with van der Waals surface area (Å²) >= 11 is 0. The van der Waals surface area contributed by atoms with E-state index in [2.05, 4.69) is 19.2 Å². The van der Waals surface area contributed by atoms with Crippen molar-refractivity contribution >= 4 is 0 Å². The van der Waals surface area contributed by atoms with Gasteiger partial charge < -0.3 is 10.4 Å². The summed E-state index contributed by atoms with van der Waals surface area (Å²) in [4.78, 5) is 0. The average molecular weight is 159 g/mol. The van der Waals surface area contributed by atoms with Gasteiger partial charge in [0.1, 0.15) is 0 Å². The van der Waals surface area contributed by atoms with Gasteiger partial charge in [-0.2, -0.15) is 0 Å². The van der Waals surface area contributed by atoms with Crippen LogP contribution in [0.3, 0.4) is 0 Å². The lowest BCUT2D eigenvalue weighted by Crippen LogP contribution is -2.28. The van der Waals surface area contributed by atoms with E-state index in [4.69, 9.17) is 5.11 Å². The van der Waals surface area contributed by atoms with E-state index in [1.165, 1.54) is 12.8 Å². The van der Waals surface area contributed by atoms with Gasteiger partial charge in [0.15, 0.2) is 0 Å². The standard InChI is InChI=1S/C9H21NO/c1-4-5-8(2)10-7-6-9(3)11/h8-11H,4-7H2,1-3H3. The molecule has 68 valence electrons. The van der Waals surface area contributed by atoms with Crippen LogP contribution in [-0.2, 0) is 0 Å². The van der Waals surface area contributed by atoms with E-state index in [1.54, 1.807) is 0 Å². The third-order valence-electron chi connectivity index (χ3n) is 1.78. The molecule has 0 fully saturated rings. The van der Waals surface area contributed by atoms with Gasteiger partial charge in [-0.15, -0.1) is 0 Å². The van der Waals surface area contributed by atoms with Gasteiger partial charge >= 0.3 is 0 Å². The van der Waals surface area contributed by atoms with Crippen molar-refractivity contribution in [1.82, 2.24) is 5.32 Å². The topological polar surface area (TPSA) is 32.3 Å². The second kappa shape index (κ2) is 6.62. The highest BCUT2D eigenvalue weighted by molar-refractivity contribution is 4.60. The molecule has 0 spiro atoms. The summed E-state index contributed by atoms with van der Waals surface area (Å²) in [5.41, 5.74) is 0. The molecule has 0 bridgehead atoms. The third-order valence-corrected chi connectivity index (χ3v) is 1.78. The molecule has 11 heavy (non-hydrogen) atoms. The van der Waals surface area contributed by atoms with Gasteiger partial charge in [-0.05, 0) is 33.2 Å². The number of nitrogens with one attached hydrogen (secondary N) is 1. The highest BCUT2D eigenvalue weighted by Crippen LogP contribution is 1.95. The molecule has 2 unspecified atom stereocenters. The van der Waals surface area contributed by atoms with Crippen LogP contribution in [0.2, 0.25) is 0 Å². The summed E-state index contributed by atoms with van der Waals surface area (Å²) in [5.74, 6) is 0. The van der Waals surface area contributed by atoms with Crippen molar-refractivity contribution < 1.29 is 5.11 Å². The second-order valence-corrected chi connectivity index (χ2v) is 3.28. The maximum atomic E-state index is 8.96.